The molecule has 0 fully saturated rings. The van der Waals surface area contributed by atoms with Crippen molar-refractivity contribution in [2.24, 2.45) is 7.05 Å². The smallest absolute Gasteiger partial charge is 0.116 e. The van der Waals surface area contributed by atoms with E-state index in [1.807, 2.05) is 6.20 Å². The zero-order valence-corrected chi connectivity index (χ0v) is 13.0. The fourth-order valence-electron chi connectivity index (χ4n) is 3.20. The van der Waals surface area contributed by atoms with E-state index in [0.29, 0.717) is 0 Å². The van der Waals surface area contributed by atoms with Crippen LogP contribution in [0.15, 0.2) is 49.1 Å². The number of rotatable bonds is 1. The topological polar surface area (TPSA) is 30.7 Å². The summed E-state index contributed by atoms with van der Waals surface area (Å²) < 4.78 is 2.18. The van der Waals surface area contributed by atoms with Crippen LogP contribution in [0.5, 0.6) is 0 Å². The fraction of sp³-hybridized carbons (Fsp3) is 0.158. The highest BCUT2D eigenvalue weighted by Crippen LogP contribution is 2.36. The van der Waals surface area contributed by atoms with Gasteiger partial charge >= 0.3 is 0 Å². The molecule has 0 spiro atoms. The second-order valence-electron chi connectivity index (χ2n) is 5.82. The molecule has 3 nitrogen and oxygen atoms in total. The van der Waals surface area contributed by atoms with Gasteiger partial charge in [-0.3, -0.25) is 0 Å². The lowest BCUT2D eigenvalue weighted by molar-refractivity contribution is 0.970. The van der Waals surface area contributed by atoms with E-state index in [4.69, 9.17) is 0 Å². The lowest BCUT2D eigenvalue weighted by atomic mass is 9.94. The van der Waals surface area contributed by atoms with E-state index < -0.39 is 0 Å². The molecule has 2 aromatic carbocycles. The van der Waals surface area contributed by atoms with Crippen LogP contribution in [0.25, 0.3) is 32.9 Å². The van der Waals surface area contributed by atoms with Crippen molar-refractivity contribution in [1.29, 1.82) is 0 Å². The Morgan fingerprint density at radius 1 is 1.00 bits per heavy atom. The Hall–Kier alpha value is -2.68. The van der Waals surface area contributed by atoms with E-state index in [2.05, 4.69) is 72.0 Å². The van der Waals surface area contributed by atoms with Crippen molar-refractivity contribution in [2.45, 2.75) is 13.8 Å². The molecule has 22 heavy (non-hydrogen) atoms. The molecule has 4 aromatic rings. The second kappa shape index (κ2) is 4.67. The maximum Gasteiger partial charge on any atom is 0.116 e. The van der Waals surface area contributed by atoms with Crippen LogP contribution in [0, 0.1) is 13.8 Å². The average molecular weight is 287 g/mol. The van der Waals surface area contributed by atoms with Gasteiger partial charge in [-0.15, -0.1) is 0 Å². The van der Waals surface area contributed by atoms with Crippen LogP contribution in [-0.4, -0.2) is 14.5 Å². The Morgan fingerprint density at radius 3 is 2.73 bits per heavy atom. The molecular weight excluding hydrogens is 270 g/mol. The standard InChI is InChI=1S/C19H17N3/c1-12-5-4-6-14(13(12)2)16-9-18-17(10-20-11-21-18)15-7-8-22(3)19(15)16/h4-11H,1-3H3. The summed E-state index contributed by atoms with van der Waals surface area (Å²) in [6.45, 7) is 4.34. The Bertz CT molecular complexity index is 1010. The molecule has 0 saturated heterocycles. The van der Waals surface area contributed by atoms with Crippen LogP contribution < -0.4 is 0 Å². The first-order chi connectivity index (χ1) is 10.7. The lowest BCUT2D eigenvalue weighted by Gasteiger charge is -2.13. The van der Waals surface area contributed by atoms with Crippen LogP contribution in [0.1, 0.15) is 11.1 Å². The number of fused-ring (bicyclic) bond motifs is 3. The van der Waals surface area contributed by atoms with Crippen molar-refractivity contribution in [3.8, 4) is 11.1 Å². The molecule has 2 heterocycles. The predicted molar refractivity (Wildman–Crippen MR) is 90.9 cm³/mol. The average Bonchev–Trinajstić information content (AvgIpc) is 2.92. The van der Waals surface area contributed by atoms with E-state index in [9.17, 15) is 0 Å². The molecule has 0 aliphatic carbocycles. The maximum absolute atomic E-state index is 4.46. The van der Waals surface area contributed by atoms with Gasteiger partial charge in [-0.05, 0) is 42.7 Å². The highest BCUT2D eigenvalue weighted by atomic mass is 14.9. The minimum Gasteiger partial charge on any atom is -0.350 e. The van der Waals surface area contributed by atoms with Gasteiger partial charge in [-0.25, -0.2) is 9.97 Å². The largest absolute Gasteiger partial charge is 0.350 e. The summed E-state index contributed by atoms with van der Waals surface area (Å²) in [4.78, 5) is 8.64. The summed E-state index contributed by atoms with van der Waals surface area (Å²) in [7, 11) is 2.09. The van der Waals surface area contributed by atoms with Gasteiger partial charge in [0.15, 0.2) is 0 Å². The molecule has 4 rings (SSSR count). The van der Waals surface area contributed by atoms with E-state index in [0.717, 1.165) is 10.9 Å². The van der Waals surface area contributed by atoms with Crippen LogP contribution >= 0.6 is 0 Å². The van der Waals surface area contributed by atoms with Crippen LogP contribution in [0.3, 0.4) is 0 Å². The first-order valence-corrected chi connectivity index (χ1v) is 7.41. The zero-order chi connectivity index (χ0) is 15.3. The fourth-order valence-corrected chi connectivity index (χ4v) is 3.20. The van der Waals surface area contributed by atoms with Gasteiger partial charge in [0, 0.05) is 35.8 Å². The third-order valence-corrected chi connectivity index (χ3v) is 4.54. The van der Waals surface area contributed by atoms with Crippen molar-refractivity contribution in [1.82, 2.24) is 14.5 Å². The van der Waals surface area contributed by atoms with Gasteiger partial charge in [-0.1, -0.05) is 18.2 Å². The van der Waals surface area contributed by atoms with Crippen molar-refractivity contribution >= 4 is 21.8 Å². The summed E-state index contributed by atoms with van der Waals surface area (Å²) in [5, 5.41) is 2.31. The van der Waals surface area contributed by atoms with Crippen molar-refractivity contribution in [3.05, 3.63) is 60.2 Å². The van der Waals surface area contributed by atoms with E-state index in [1.54, 1.807) is 6.33 Å². The molecule has 0 aliphatic heterocycles. The number of hydrogen-bond acceptors (Lipinski definition) is 2. The quantitative estimate of drug-likeness (QED) is 0.519. The third kappa shape index (κ3) is 1.75. The molecule has 0 unspecified atom stereocenters. The van der Waals surface area contributed by atoms with Gasteiger partial charge in [0.2, 0.25) is 0 Å². The lowest BCUT2D eigenvalue weighted by Crippen LogP contribution is -1.94. The highest BCUT2D eigenvalue weighted by molar-refractivity contribution is 6.11. The molecule has 0 aliphatic rings. The van der Waals surface area contributed by atoms with Crippen molar-refractivity contribution < 1.29 is 0 Å². The zero-order valence-electron chi connectivity index (χ0n) is 13.0. The van der Waals surface area contributed by atoms with Crippen LogP contribution in [0.2, 0.25) is 0 Å². The van der Waals surface area contributed by atoms with Gasteiger partial charge in [0.1, 0.15) is 6.33 Å². The monoisotopic (exact) mass is 287 g/mol. The molecule has 0 radical (unpaired) electrons. The molecule has 108 valence electrons. The van der Waals surface area contributed by atoms with Gasteiger partial charge in [0.05, 0.1) is 11.0 Å². The molecule has 2 aromatic heterocycles. The van der Waals surface area contributed by atoms with Crippen LogP contribution in [-0.2, 0) is 7.05 Å². The van der Waals surface area contributed by atoms with Crippen LogP contribution in [0.4, 0.5) is 0 Å². The molecule has 0 bridgehead atoms. The first-order valence-electron chi connectivity index (χ1n) is 7.41. The second-order valence-corrected chi connectivity index (χ2v) is 5.82. The molecular formula is C19H17N3. The predicted octanol–water partition coefficient (Wildman–Crippen LogP) is 4.41. The Morgan fingerprint density at radius 2 is 1.86 bits per heavy atom. The summed E-state index contributed by atoms with van der Waals surface area (Å²) >= 11 is 0. The summed E-state index contributed by atoms with van der Waals surface area (Å²) in [6.07, 6.45) is 5.62. The number of aromatic nitrogens is 3. The van der Waals surface area contributed by atoms with E-state index in [1.165, 1.54) is 33.2 Å². The van der Waals surface area contributed by atoms with Gasteiger partial charge < -0.3 is 4.57 Å². The highest BCUT2D eigenvalue weighted by Gasteiger charge is 2.14. The summed E-state index contributed by atoms with van der Waals surface area (Å²) in [5.41, 5.74) is 7.35. The molecule has 0 saturated carbocycles. The first kappa shape index (κ1) is 13.0. The normalized spacial score (nSPS) is 11.4. The third-order valence-electron chi connectivity index (χ3n) is 4.54. The minimum absolute atomic E-state index is 0.990. The number of nitrogens with zero attached hydrogens (tertiary/aromatic N) is 3. The van der Waals surface area contributed by atoms with Gasteiger partial charge in [-0.2, -0.15) is 0 Å². The Balaban J connectivity index is 2.20. The van der Waals surface area contributed by atoms with E-state index in [-0.39, 0.29) is 0 Å². The molecule has 0 atom stereocenters. The summed E-state index contributed by atoms with van der Waals surface area (Å²) in [5.74, 6) is 0. The minimum atomic E-state index is 0.990. The summed E-state index contributed by atoms with van der Waals surface area (Å²) in [6, 6.07) is 10.8. The van der Waals surface area contributed by atoms with Crippen molar-refractivity contribution in [2.75, 3.05) is 0 Å². The van der Waals surface area contributed by atoms with E-state index >= 15 is 0 Å². The number of aryl methyl sites for hydroxylation is 2. The Kier molecular flexibility index (Phi) is 2.76. The molecule has 3 heteroatoms. The maximum atomic E-state index is 4.46. The van der Waals surface area contributed by atoms with Crippen molar-refractivity contribution in [3.63, 3.8) is 0 Å². The number of hydrogen-bond donors (Lipinski definition) is 0. The van der Waals surface area contributed by atoms with Gasteiger partial charge in [0.25, 0.3) is 0 Å². The SMILES string of the molecule is Cc1cccc(-c2cc3ncncc3c3ccn(C)c23)c1C. The molecule has 0 N–H and O–H groups in total. The number of benzene rings is 2. The Labute approximate surface area is 129 Å². The molecule has 0 amide bonds.